The van der Waals surface area contributed by atoms with E-state index >= 15 is 0 Å². The fourth-order valence-corrected chi connectivity index (χ4v) is 1.88. The van der Waals surface area contributed by atoms with Crippen molar-refractivity contribution < 1.29 is 9.47 Å². The van der Waals surface area contributed by atoms with Gasteiger partial charge in [0.25, 0.3) is 0 Å². The molecule has 0 fully saturated rings. The van der Waals surface area contributed by atoms with Gasteiger partial charge in [-0.2, -0.15) is 0 Å². The molecule has 6 heteroatoms. The van der Waals surface area contributed by atoms with E-state index in [2.05, 4.69) is 15.5 Å². The van der Waals surface area contributed by atoms with E-state index in [1.165, 1.54) is 0 Å². The molecule has 1 aromatic heterocycles. The highest BCUT2D eigenvalue weighted by atomic mass is 32.1. The van der Waals surface area contributed by atoms with Gasteiger partial charge in [-0.25, -0.2) is 0 Å². The Labute approximate surface area is 93.8 Å². The zero-order valence-corrected chi connectivity index (χ0v) is 9.97. The van der Waals surface area contributed by atoms with Crippen molar-refractivity contribution >= 4 is 11.3 Å². The van der Waals surface area contributed by atoms with Gasteiger partial charge in [-0.15, -0.1) is 10.2 Å². The molecular formula is C9H17N3O2S. The molecule has 5 nitrogen and oxygen atoms in total. The second kappa shape index (κ2) is 7.70. The van der Waals surface area contributed by atoms with Crippen molar-refractivity contribution in [1.29, 1.82) is 0 Å². The van der Waals surface area contributed by atoms with Gasteiger partial charge < -0.3 is 14.8 Å². The van der Waals surface area contributed by atoms with Crippen molar-refractivity contribution in [3.63, 3.8) is 0 Å². The summed E-state index contributed by atoms with van der Waals surface area (Å²) in [4.78, 5) is 0. The number of aromatic nitrogens is 2. The monoisotopic (exact) mass is 231 g/mol. The molecule has 15 heavy (non-hydrogen) atoms. The van der Waals surface area contributed by atoms with Crippen LogP contribution >= 0.6 is 11.3 Å². The summed E-state index contributed by atoms with van der Waals surface area (Å²) < 4.78 is 9.90. The zero-order valence-electron chi connectivity index (χ0n) is 9.15. The maximum Gasteiger partial charge on any atom is 0.143 e. The maximum atomic E-state index is 4.97. The minimum Gasteiger partial charge on any atom is -0.383 e. The summed E-state index contributed by atoms with van der Waals surface area (Å²) in [5, 5.41) is 13.3. The van der Waals surface area contributed by atoms with Crippen molar-refractivity contribution in [2.75, 3.05) is 33.9 Å². The van der Waals surface area contributed by atoms with Gasteiger partial charge in [0.15, 0.2) is 0 Å². The number of ether oxygens (including phenoxy) is 2. The minimum atomic E-state index is 0.550. The molecule has 0 unspecified atom stereocenters. The SMILES string of the molecule is COCCNCCc1nnc(COC)s1. The minimum absolute atomic E-state index is 0.550. The van der Waals surface area contributed by atoms with Crippen LogP contribution in [0.5, 0.6) is 0 Å². The quantitative estimate of drug-likeness (QED) is 0.659. The number of hydrogen-bond donors (Lipinski definition) is 1. The first-order chi connectivity index (χ1) is 7.36. The third-order valence-electron chi connectivity index (χ3n) is 1.78. The van der Waals surface area contributed by atoms with Crippen LogP contribution in [0.2, 0.25) is 0 Å². The number of rotatable bonds is 8. The average molecular weight is 231 g/mol. The van der Waals surface area contributed by atoms with E-state index in [9.17, 15) is 0 Å². The molecule has 0 saturated heterocycles. The third-order valence-corrected chi connectivity index (χ3v) is 2.73. The van der Waals surface area contributed by atoms with Gasteiger partial charge in [0.1, 0.15) is 10.0 Å². The van der Waals surface area contributed by atoms with Crippen LogP contribution in [-0.2, 0) is 22.5 Å². The maximum absolute atomic E-state index is 4.97. The summed E-state index contributed by atoms with van der Waals surface area (Å²) in [6.07, 6.45) is 0.908. The van der Waals surface area contributed by atoms with Crippen molar-refractivity contribution in [2.45, 2.75) is 13.0 Å². The van der Waals surface area contributed by atoms with Crippen molar-refractivity contribution in [3.05, 3.63) is 10.0 Å². The van der Waals surface area contributed by atoms with Crippen LogP contribution in [-0.4, -0.2) is 44.1 Å². The average Bonchev–Trinajstić information content (AvgIpc) is 2.66. The van der Waals surface area contributed by atoms with Crippen molar-refractivity contribution in [2.24, 2.45) is 0 Å². The summed E-state index contributed by atoms with van der Waals surface area (Å²) in [5.41, 5.74) is 0. The summed E-state index contributed by atoms with van der Waals surface area (Å²) in [6.45, 7) is 3.07. The highest BCUT2D eigenvalue weighted by molar-refractivity contribution is 7.11. The van der Waals surface area contributed by atoms with Crippen molar-refractivity contribution in [1.82, 2.24) is 15.5 Å². The van der Waals surface area contributed by atoms with Crippen LogP contribution in [0.4, 0.5) is 0 Å². The van der Waals surface area contributed by atoms with Gasteiger partial charge >= 0.3 is 0 Å². The van der Waals surface area contributed by atoms with Crippen LogP contribution in [0.25, 0.3) is 0 Å². The Balaban J connectivity index is 2.14. The van der Waals surface area contributed by atoms with Gasteiger partial charge in [-0.3, -0.25) is 0 Å². The number of nitrogens with zero attached hydrogens (tertiary/aromatic N) is 2. The molecule has 0 aromatic carbocycles. The van der Waals surface area contributed by atoms with E-state index in [-0.39, 0.29) is 0 Å². The summed E-state index contributed by atoms with van der Waals surface area (Å²) in [7, 11) is 3.36. The molecule has 0 spiro atoms. The molecular weight excluding hydrogens is 214 g/mol. The third kappa shape index (κ3) is 5.17. The van der Waals surface area contributed by atoms with Crippen molar-refractivity contribution in [3.8, 4) is 0 Å². The Kier molecular flexibility index (Phi) is 6.42. The molecule has 1 heterocycles. The Morgan fingerprint density at radius 3 is 2.67 bits per heavy atom. The van der Waals surface area contributed by atoms with Crippen LogP contribution in [0, 0.1) is 0 Å². The van der Waals surface area contributed by atoms with E-state index < -0.39 is 0 Å². The lowest BCUT2D eigenvalue weighted by Crippen LogP contribution is -2.21. The number of nitrogens with one attached hydrogen (secondary N) is 1. The van der Waals surface area contributed by atoms with Crippen LogP contribution < -0.4 is 5.32 Å². The second-order valence-corrected chi connectivity index (χ2v) is 4.16. The molecule has 1 rings (SSSR count). The van der Waals surface area contributed by atoms with E-state index in [0.717, 1.165) is 36.1 Å². The zero-order chi connectivity index (χ0) is 10.9. The fraction of sp³-hybridized carbons (Fsp3) is 0.778. The lowest BCUT2D eigenvalue weighted by atomic mass is 10.4. The Bertz CT molecular complexity index is 268. The molecule has 0 aliphatic rings. The Hall–Kier alpha value is -0.560. The van der Waals surface area contributed by atoms with Gasteiger partial charge in [0.05, 0.1) is 13.2 Å². The summed E-state index contributed by atoms with van der Waals surface area (Å²) in [5.74, 6) is 0. The highest BCUT2D eigenvalue weighted by Crippen LogP contribution is 2.10. The predicted octanol–water partition coefficient (Wildman–Crippen LogP) is 0.463. The standard InChI is InChI=1S/C9H17N3O2S/c1-13-6-5-10-4-3-8-11-12-9(15-8)7-14-2/h10H,3-7H2,1-2H3. The first kappa shape index (κ1) is 12.5. The first-order valence-corrected chi connectivity index (χ1v) is 5.68. The van der Waals surface area contributed by atoms with Crippen LogP contribution in [0.1, 0.15) is 10.0 Å². The summed E-state index contributed by atoms with van der Waals surface area (Å²) in [6, 6.07) is 0. The van der Waals surface area contributed by atoms with Gasteiger partial charge in [0, 0.05) is 33.7 Å². The molecule has 0 atom stereocenters. The molecule has 0 aliphatic heterocycles. The van der Waals surface area contributed by atoms with E-state index in [4.69, 9.17) is 9.47 Å². The molecule has 0 saturated carbocycles. The molecule has 0 aliphatic carbocycles. The first-order valence-electron chi connectivity index (χ1n) is 4.86. The smallest absolute Gasteiger partial charge is 0.143 e. The lowest BCUT2D eigenvalue weighted by Gasteiger charge is -2.00. The molecule has 1 N–H and O–H groups in total. The molecule has 1 aromatic rings. The molecule has 0 bridgehead atoms. The van der Waals surface area contributed by atoms with E-state index in [1.807, 2.05) is 0 Å². The molecule has 0 amide bonds. The number of methoxy groups -OCH3 is 2. The highest BCUT2D eigenvalue weighted by Gasteiger charge is 2.02. The van der Waals surface area contributed by atoms with Crippen LogP contribution in [0.15, 0.2) is 0 Å². The van der Waals surface area contributed by atoms with Gasteiger partial charge in [-0.05, 0) is 0 Å². The molecule has 86 valence electrons. The number of hydrogen-bond acceptors (Lipinski definition) is 6. The van der Waals surface area contributed by atoms with Crippen LogP contribution in [0.3, 0.4) is 0 Å². The topological polar surface area (TPSA) is 56.3 Å². The van der Waals surface area contributed by atoms with E-state index in [0.29, 0.717) is 6.61 Å². The Morgan fingerprint density at radius 2 is 1.93 bits per heavy atom. The summed E-state index contributed by atoms with van der Waals surface area (Å²) >= 11 is 1.60. The lowest BCUT2D eigenvalue weighted by molar-refractivity contribution is 0.184. The Morgan fingerprint density at radius 1 is 1.13 bits per heavy atom. The van der Waals surface area contributed by atoms with Gasteiger partial charge in [0.2, 0.25) is 0 Å². The van der Waals surface area contributed by atoms with Gasteiger partial charge in [-0.1, -0.05) is 11.3 Å². The normalized spacial score (nSPS) is 10.8. The van der Waals surface area contributed by atoms with E-state index in [1.54, 1.807) is 25.6 Å². The largest absolute Gasteiger partial charge is 0.383 e. The predicted molar refractivity (Wildman–Crippen MR) is 59.1 cm³/mol. The molecule has 0 radical (unpaired) electrons. The fourth-order valence-electron chi connectivity index (χ4n) is 1.07. The second-order valence-electron chi connectivity index (χ2n) is 3.02.